The molecule has 3 aromatic rings. The molecular formula is C27H26F3N5O5. The molecule has 0 bridgehead atoms. The first-order chi connectivity index (χ1) is 19.1. The molecule has 0 spiro atoms. The second-order valence-corrected chi connectivity index (χ2v) is 9.71. The van der Waals surface area contributed by atoms with Crippen molar-refractivity contribution in [1.29, 1.82) is 0 Å². The Hall–Kier alpha value is -4.42. The highest BCUT2D eigenvalue weighted by Gasteiger charge is 2.42. The van der Waals surface area contributed by atoms with E-state index in [-0.39, 0.29) is 17.5 Å². The zero-order valence-corrected chi connectivity index (χ0v) is 21.2. The molecular weight excluding hydrogens is 531 g/mol. The molecule has 1 aromatic carbocycles. The van der Waals surface area contributed by atoms with Crippen LogP contribution in [0.15, 0.2) is 53.1 Å². The van der Waals surface area contributed by atoms with Crippen molar-refractivity contribution in [3.63, 3.8) is 0 Å². The smallest absolute Gasteiger partial charge is 0.452 e. The van der Waals surface area contributed by atoms with Gasteiger partial charge in [-0.15, -0.1) is 0 Å². The molecule has 1 unspecified atom stereocenters. The molecule has 2 atom stereocenters. The Bertz CT molecular complexity index is 1390. The predicted molar refractivity (Wildman–Crippen MR) is 136 cm³/mol. The lowest BCUT2D eigenvalue weighted by molar-refractivity contribution is -0.153. The maximum atomic E-state index is 13.6. The number of carboxylic acids is 1. The summed E-state index contributed by atoms with van der Waals surface area (Å²) in [6.07, 6.45) is -1.78. The molecule has 1 aliphatic heterocycles. The highest BCUT2D eigenvalue weighted by Crippen LogP contribution is 2.36. The van der Waals surface area contributed by atoms with Gasteiger partial charge >= 0.3 is 12.1 Å². The zero-order chi connectivity index (χ0) is 28.4. The summed E-state index contributed by atoms with van der Waals surface area (Å²) < 4.78 is 45.6. The molecule has 1 saturated heterocycles. The molecule has 2 aliphatic rings. The lowest BCUT2D eigenvalue weighted by Gasteiger charge is -2.37. The number of nitrogens with one attached hydrogen (secondary N) is 1. The highest BCUT2D eigenvalue weighted by molar-refractivity contribution is 6.04. The van der Waals surface area contributed by atoms with Gasteiger partial charge in [0.1, 0.15) is 5.82 Å². The van der Waals surface area contributed by atoms with E-state index in [1.54, 1.807) is 29.2 Å². The van der Waals surface area contributed by atoms with Crippen LogP contribution in [-0.2, 0) is 15.8 Å². The number of oxazole rings is 1. The van der Waals surface area contributed by atoms with E-state index in [9.17, 15) is 32.7 Å². The minimum atomic E-state index is -4.93. The number of halogens is 3. The first kappa shape index (κ1) is 27.2. The number of aromatic nitrogens is 2. The molecule has 1 saturated carbocycles. The first-order valence-corrected chi connectivity index (χ1v) is 12.8. The Morgan fingerprint density at radius 2 is 1.68 bits per heavy atom. The molecule has 2 aromatic heterocycles. The number of alkyl halides is 3. The van der Waals surface area contributed by atoms with Crippen molar-refractivity contribution in [2.24, 2.45) is 11.8 Å². The van der Waals surface area contributed by atoms with Gasteiger partial charge in [-0.25, -0.2) is 9.97 Å². The Labute approximate surface area is 226 Å². The lowest BCUT2D eigenvalue weighted by atomic mass is 9.94. The SMILES string of the molecule is O=C(Nc1ccc(N2CCN(C(=O)[C@@H]3CCCC3C(=O)O)CC2)nc1)c1nc(-c2ccccc2)oc1C(F)(F)F. The van der Waals surface area contributed by atoms with Gasteiger partial charge in [-0.05, 0) is 37.1 Å². The van der Waals surface area contributed by atoms with E-state index in [1.165, 1.54) is 24.4 Å². The fraction of sp³-hybridized carbons (Fsp3) is 0.370. The molecule has 2 N–H and O–H groups in total. The lowest BCUT2D eigenvalue weighted by Crippen LogP contribution is -2.51. The number of pyridine rings is 1. The number of nitrogens with zero attached hydrogens (tertiary/aromatic N) is 4. The van der Waals surface area contributed by atoms with Gasteiger partial charge in [0, 0.05) is 31.7 Å². The molecule has 2 fully saturated rings. The van der Waals surface area contributed by atoms with Gasteiger partial charge in [-0.3, -0.25) is 14.4 Å². The van der Waals surface area contributed by atoms with Crippen LogP contribution in [0.25, 0.3) is 11.5 Å². The number of rotatable bonds is 6. The van der Waals surface area contributed by atoms with E-state index in [0.29, 0.717) is 50.4 Å². The van der Waals surface area contributed by atoms with Gasteiger partial charge in [0.2, 0.25) is 17.6 Å². The molecule has 3 heterocycles. The van der Waals surface area contributed by atoms with Gasteiger partial charge in [0.15, 0.2) is 5.69 Å². The second kappa shape index (κ2) is 11.0. The number of anilines is 2. The number of piperazine rings is 1. The van der Waals surface area contributed by atoms with Crippen molar-refractivity contribution in [3.05, 3.63) is 60.1 Å². The van der Waals surface area contributed by atoms with E-state index in [4.69, 9.17) is 4.42 Å². The van der Waals surface area contributed by atoms with E-state index in [1.807, 2.05) is 4.90 Å². The van der Waals surface area contributed by atoms with Crippen molar-refractivity contribution in [1.82, 2.24) is 14.9 Å². The molecule has 40 heavy (non-hydrogen) atoms. The van der Waals surface area contributed by atoms with Crippen molar-refractivity contribution in [3.8, 4) is 11.5 Å². The number of carboxylic acid groups (broad SMARTS) is 1. The third-order valence-electron chi connectivity index (χ3n) is 7.19. The van der Waals surface area contributed by atoms with Crippen LogP contribution < -0.4 is 10.2 Å². The summed E-state index contributed by atoms with van der Waals surface area (Å²) in [5.74, 6) is -4.52. The van der Waals surface area contributed by atoms with Gasteiger partial charge in [0.05, 0.1) is 23.7 Å². The number of hydrogen-bond acceptors (Lipinski definition) is 7. The first-order valence-electron chi connectivity index (χ1n) is 12.8. The van der Waals surface area contributed by atoms with Crippen LogP contribution in [0.3, 0.4) is 0 Å². The molecule has 0 radical (unpaired) electrons. The summed E-state index contributed by atoms with van der Waals surface area (Å²) in [6.45, 7) is 1.78. The minimum Gasteiger partial charge on any atom is -0.481 e. The maximum Gasteiger partial charge on any atom is 0.452 e. The van der Waals surface area contributed by atoms with E-state index in [0.717, 1.165) is 6.42 Å². The number of benzene rings is 1. The molecule has 13 heteroatoms. The summed E-state index contributed by atoms with van der Waals surface area (Å²) in [7, 11) is 0. The predicted octanol–water partition coefficient (Wildman–Crippen LogP) is 4.16. The standard InChI is InChI=1S/C27H26F3N5O5/c28-27(29,30)22-21(33-24(40-22)16-5-2-1-3-6-16)23(36)32-17-9-10-20(31-15-17)34-11-13-35(14-12-34)25(37)18-7-4-8-19(18)26(38)39/h1-3,5-6,9-10,15,18-19H,4,7-8,11-14H2,(H,32,36)(H,38,39)/t18-,19?/m1/s1. The van der Waals surface area contributed by atoms with Crippen LogP contribution in [-0.4, -0.2) is 63.9 Å². The van der Waals surface area contributed by atoms with Crippen LogP contribution in [0.5, 0.6) is 0 Å². The molecule has 2 amide bonds. The van der Waals surface area contributed by atoms with Crippen LogP contribution in [0.4, 0.5) is 24.7 Å². The van der Waals surface area contributed by atoms with Crippen LogP contribution in [0.1, 0.15) is 35.5 Å². The average molecular weight is 558 g/mol. The van der Waals surface area contributed by atoms with Crippen molar-refractivity contribution in [2.75, 3.05) is 36.4 Å². The summed E-state index contributed by atoms with van der Waals surface area (Å²) in [6, 6.07) is 11.1. The third-order valence-corrected chi connectivity index (χ3v) is 7.19. The normalized spacial score (nSPS) is 19.5. The molecule has 210 valence electrons. The van der Waals surface area contributed by atoms with E-state index >= 15 is 0 Å². The zero-order valence-electron chi connectivity index (χ0n) is 21.2. The Kier molecular flexibility index (Phi) is 7.46. The van der Waals surface area contributed by atoms with Crippen molar-refractivity contribution >= 4 is 29.3 Å². The largest absolute Gasteiger partial charge is 0.481 e. The fourth-order valence-corrected chi connectivity index (χ4v) is 5.15. The summed E-state index contributed by atoms with van der Waals surface area (Å²) in [5, 5.41) is 11.8. The molecule has 5 rings (SSSR count). The number of hydrogen-bond donors (Lipinski definition) is 2. The van der Waals surface area contributed by atoms with Gasteiger partial charge < -0.3 is 24.6 Å². The summed E-state index contributed by atoms with van der Waals surface area (Å²) >= 11 is 0. The fourth-order valence-electron chi connectivity index (χ4n) is 5.15. The minimum absolute atomic E-state index is 0.128. The highest BCUT2D eigenvalue weighted by atomic mass is 19.4. The van der Waals surface area contributed by atoms with Crippen LogP contribution in [0, 0.1) is 11.8 Å². The number of carbonyl (C=O) groups is 3. The van der Waals surface area contributed by atoms with Crippen LogP contribution in [0.2, 0.25) is 0 Å². The number of carbonyl (C=O) groups excluding carboxylic acids is 2. The topological polar surface area (TPSA) is 129 Å². The molecule has 1 aliphatic carbocycles. The summed E-state index contributed by atoms with van der Waals surface area (Å²) in [4.78, 5) is 48.8. The van der Waals surface area contributed by atoms with Crippen molar-refractivity contribution in [2.45, 2.75) is 25.4 Å². The summed E-state index contributed by atoms with van der Waals surface area (Å²) in [5.41, 5.74) is -0.422. The van der Waals surface area contributed by atoms with Gasteiger partial charge in [-0.1, -0.05) is 24.6 Å². The van der Waals surface area contributed by atoms with Crippen molar-refractivity contribution < 1.29 is 37.1 Å². The van der Waals surface area contributed by atoms with Gasteiger partial charge in [-0.2, -0.15) is 13.2 Å². The van der Waals surface area contributed by atoms with Crippen LogP contribution >= 0.6 is 0 Å². The quantitative estimate of drug-likeness (QED) is 0.463. The maximum absolute atomic E-state index is 13.6. The molecule has 10 nitrogen and oxygen atoms in total. The second-order valence-electron chi connectivity index (χ2n) is 9.71. The number of amides is 2. The Morgan fingerprint density at radius 3 is 2.30 bits per heavy atom. The third kappa shape index (κ3) is 5.63. The van der Waals surface area contributed by atoms with E-state index in [2.05, 4.69) is 15.3 Å². The van der Waals surface area contributed by atoms with E-state index < -0.39 is 41.3 Å². The Morgan fingerprint density at radius 1 is 0.975 bits per heavy atom. The monoisotopic (exact) mass is 557 g/mol. The number of aliphatic carboxylic acids is 1. The average Bonchev–Trinajstić information content (AvgIpc) is 3.62. The van der Waals surface area contributed by atoms with Gasteiger partial charge in [0.25, 0.3) is 5.91 Å². The Balaban J connectivity index is 1.22.